The van der Waals surface area contributed by atoms with Gasteiger partial charge in [-0.05, 0) is 13.3 Å². The Kier molecular flexibility index (Phi) is 5.71. The lowest BCUT2D eigenvalue weighted by Crippen LogP contribution is -2.39. The molecule has 14 heavy (non-hydrogen) atoms. The summed E-state index contributed by atoms with van der Waals surface area (Å²) < 4.78 is 23.6. The Hall–Kier alpha value is -0.620. The molecule has 0 saturated carbocycles. The fourth-order valence-corrected chi connectivity index (χ4v) is 1.60. The van der Waals surface area contributed by atoms with Crippen LogP contribution in [0.1, 0.15) is 20.3 Å². The van der Waals surface area contributed by atoms with Gasteiger partial charge in [0.15, 0.2) is 0 Å². The molecule has 0 aliphatic carbocycles. The third-order valence-corrected chi connectivity index (χ3v) is 3.59. The highest BCUT2D eigenvalue weighted by atomic mass is 32.2. The molecular formula is C8H18N2O3S. The first kappa shape index (κ1) is 13.4. The molecule has 0 radical (unpaired) electrons. The standard InChI is InChI=1S/C8H18N2O3S/c1-4-6-9-8(11)7-10(3)14(12,13)5-2/h4-7H2,1-3H3,(H,9,11). The molecule has 0 fully saturated rings. The minimum absolute atomic E-state index is 0.0184. The summed E-state index contributed by atoms with van der Waals surface area (Å²) in [5, 5.41) is 2.61. The lowest BCUT2D eigenvalue weighted by molar-refractivity contribution is -0.121. The van der Waals surface area contributed by atoms with Gasteiger partial charge in [-0.25, -0.2) is 8.42 Å². The van der Waals surface area contributed by atoms with Crippen molar-refractivity contribution in [1.29, 1.82) is 0 Å². The summed E-state index contributed by atoms with van der Waals surface area (Å²) in [6, 6.07) is 0. The smallest absolute Gasteiger partial charge is 0.235 e. The van der Waals surface area contributed by atoms with Crippen LogP contribution in [0.5, 0.6) is 0 Å². The molecule has 0 aromatic heterocycles. The van der Waals surface area contributed by atoms with Crippen molar-refractivity contribution < 1.29 is 13.2 Å². The molecule has 5 nitrogen and oxygen atoms in total. The first-order chi connectivity index (χ1) is 6.44. The average molecular weight is 222 g/mol. The lowest BCUT2D eigenvalue weighted by Gasteiger charge is -2.15. The van der Waals surface area contributed by atoms with Gasteiger partial charge < -0.3 is 5.32 Å². The number of likely N-dealkylation sites (N-methyl/N-ethyl adjacent to an activating group) is 1. The summed E-state index contributed by atoms with van der Waals surface area (Å²) in [6.07, 6.45) is 0.843. The molecule has 0 atom stereocenters. The van der Waals surface area contributed by atoms with Gasteiger partial charge in [-0.1, -0.05) is 6.92 Å². The Balaban J connectivity index is 4.06. The molecule has 0 saturated heterocycles. The van der Waals surface area contributed by atoms with Crippen LogP contribution in [0.15, 0.2) is 0 Å². The van der Waals surface area contributed by atoms with Gasteiger partial charge in [-0.3, -0.25) is 4.79 Å². The first-order valence-electron chi connectivity index (χ1n) is 4.64. The van der Waals surface area contributed by atoms with Crippen LogP contribution >= 0.6 is 0 Å². The second kappa shape index (κ2) is 5.98. The average Bonchev–Trinajstić information content (AvgIpc) is 2.14. The highest BCUT2D eigenvalue weighted by molar-refractivity contribution is 7.89. The third kappa shape index (κ3) is 4.57. The summed E-state index contributed by atoms with van der Waals surface area (Å²) in [6.45, 7) is 3.97. The Morgan fingerprint density at radius 1 is 1.36 bits per heavy atom. The minimum Gasteiger partial charge on any atom is -0.355 e. The lowest BCUT2D eigenvalue weighted by atomic mass is 10.4. The fourth-order valence-electron chi connectivity index (χ4n) is 0.841. The number of hydrogen-bond acceptors (Lipinski definition) is 3. The third-order valence-electron chi connectivity index (χ3n) is 1.78. The van der Waals surface area contributed by atoms with Gasteiger partial charge in [0, 0.05) is 13.6 Å². The number of nitrogens with one attached hydrogen (secondary N) is 1. The predicted molar refractivity (Wildman–Crippen MR) is 55.4 cm³/mol. The van der Waals surface area contributed by atoms with E-state index in [1.54, 1.807) is 6.92 Å². The van der Waals surface area contributed by atoms with E-state index < -0.39 is 10.0 Å². The van der Waals surface area contributed by atoms with Crippen LogP contribution in [0.4, 0.5) is 0 Å². The van der Waals surface area contributed by atoms with Gasteiger partial charge in [0.2, 0.25) is 15.9 Å². The Bertz CT molecular complexity index is 274. The van der Waals surface area contributed by atoms with E-state index in [1.807, 2.05) is 6.92 Å². The van der Waals surface area contributed by atoms with Crippen molar-refractivity contribution >= 4 is 15.9 Å². The van der Waals surface area contributed by atoms with E-state index in [1.165, 1.54) is 7.05 Å². The molecule has 0 aliphatic rings. The normalized spacial score (nSPS) is 11.7. The molecular weight excluding hydrogens is 204 g/mol. The van der Waals surface area contributed by atoms with Gasteiger partial charge in [0.1, 0.15) is 0 Å². The van der Waals surface area contributed by atoms with E-state index in [0.717, 1.165) is 10.7 Å². The SMILES string of the molecule is CCCNC(=O)CN(C)S(=O)(=O)CC. The highest BCUT2D eigenvalue weighted by Crippen LogP contribution is 1.96. The summed E-state index contributed by atoms with van der Waals surface area (Å²) in [4.78, 5) is 11.2. The van der Waals surface area contributed by atoms with E-state index in [4.69, 9.17) is 0 Å². The maximum absolute atomic E-state index is 11.3. The molecule has 1 amide bonds. The van der Waals surface area contributed by atoms with E-state index >= 15 is 0 Å². The minimum atomic E-state index is -3.25. The van der Waals surface area contributed by atoms with Crippen LogP contribution in [0, 0.1) is 0 Å². The van der Waals surface area contributed by atoms with Crippen molar-refractivity contribution in [2.75, 3.05) is 25.9 Å². The quantitative estimate of drug-likeness (QED) is 0.676. The summed E-state index contributed by atoms with van der Waals surface area (Å²) >= 11 is 0. The maximum Gasteiger partial charge on any atom is 0.235 e. The topological polar surface area (TPSA) is 66.5 Å². The second-order valence-electron chi connectivity index (χ2n) is 3.01. The highest BCUT2D eigenvalue weighted by Gasteiger charge is 2.17. The van der Waals surface area contributed by atoms with Crippen molar-refractivity contribution in [3.8, 4) is 0 Å². The Morgan fingerprint density at radius 2 is 1.93 bits per heavy atom. The zero-order valence-electron chi connectivity index (χ0n) is 8.91. The molecule has 84 valence electrons. The number of carbonyl (C=O) groups excluding carboxylic acids is 1. The first-order valence-corrected chi connectivity index (χ1v) is 6.25. The fraction of sp³-hybridized carbons (Fsp3) is 0.875. The van der Waals surface area contributed by atoms with Gasteiger partial charge in [0.05, 0.1) is 12.3 Å². The van der Waals surface area contributed by atoms with Crippen LogP contribution < -0.4 is 5.32 Å². The van der Waals surface area contributed by atoms with Crippen LogP contribution in [0.3, 0.4) is 0 Å². The van der Waals surface area contributed by atoms with Gasteiger partial charge in [-0.2, -0.15) is 4.31 Å². The number of carbonyl (C=O) groups is 1. The number of nitrogens with zero attached hydrogens (tertiary/aromatic N) is 1. The van der Waals surface area contributed by atoms with E-state index in [0.29, 0.717) is 6.54 Å². The van der Waals surface area contributed by atoms with Crippen molar-refractivity contribution in [2.24, 2.45) is 0 Å². The van der Waals surface area contributed by atoms with Crippen LogP contribution in [-0.4, -0.2) is 44.5 Å². The van der Waals surface area contributed by atoms with Crippen LogP contribution in [-0.2, 0) is 14.8 Å². The molecule has 0 unspecified atom stereocenters. The molecule has 0 spiro atoms. The van der Waals surface area contributed by atoms with Gasteiger partial charge in [0.25, 0.3) is 0 Å². The zero-order valence-corrected chi connectivity index (χ0v) is 9.73. The van der Waals surface area contributed by atoms with Crippen molar-refractivity contribution in [1.82, 2.24) is 9.62 Å². The molecule has 6 heteroatoms. The van der Waals surface area contributed by atoms with Crippen molar-refractivity contribution in [2.45, 2.75) is 20.3 Å². The molecule has 1 N–H and O–H groups in total. The van der Waals surface area contributed by atoms with Gasteiger partial charge >= 0.3 is 0 Å². The maximum atomic E-state index is 11.3. The van der Waals surface area contributed by atoms with Crippen LogP contribution in [0.2, 0.25) is 0 Å². The predicted octanol–water partition coefficient (Wildman–Crippen LogP) is -0.206. The number of sulfonamides is 1. The zero-order chi connectivity index (χ0) is 11.2. The Morgan fingerprint density at radius 3 is 2.36 bits per heavy atom. The van der Waals surface area contributed by atoms with Crippen molar-refractivity contribution in [3.63, 3.8) is 0 Å². The second-order valence-corrected chi connectivity index (χ2v) is 5.37. The van der Waals surface area contributed by atoms with E-state index in [-0.39, 0.29) is 18.2 Å². The molecule has 0 heterocycles. The molecule has 0 aliphatic heterocycles. The van der Waals surface area contributed by atoms with Crippen LogP contribution in [0.25, 0.3) is 0 Å². The molecule has 0 rings (SSSR count). The van der Waals surface area contributed by atoms with Crippen molar-refractivity contribution in [3.05, 3.63) is 0 Å². The number of amides is 1. The van der Waals surface area contributed by atoms with Gasteiger partial charge in [-0.15, -0.1) is 0 Å². The number of rotatable bonds is 6. The largest absolute Gasteiger partial charge is 0.355 e. The molecule has 0 bridgehead atoms. The Labute approximate surface area is 85.5 Å². The summed E-state index contributed by atoms with van der Waals surface area (Å²) in [7, 11) is -1.84. The van der Waals surface area contributed by atoms with E-state index in [9.17, 15) is 13.2 Å². The number of hydrogen-bond donors (Lipinski definition) is 1. The molecule has 0 aromatic rings. The van der Waals surface area contributed by atoms with E-state index in [2.05, 4.69) is 5.32 Å². The monoisotopic (exact) mass is 222 g/mol. The summed E-state index contributed by atoms with van der Waals surface area (Å²) in [5.74, 6) is -0.240. The summed E-state index contributed by atoms with van der Waals surface area (Å²) in [5.41, 5.74) is 0. The molecule has 0 aromatic carbocycles.